The second kappa shape index (κ2) is 19.5. The first-order chi connectivity index (χ1) is 26.8. The first-order valence-electron chi connectivity index (χ1n) is 19.7. The maximum atomic E-state index is 13.5. The van der Waals surface area contributed by atoms with Crippen LogP contribution in [0.15, 0.2) is 40.2 Å². The minimum absolute atomic E-state index is 0.000703. The summed E-state index contributed by atoms with van der Waals surface area (Å²) in [6.45, 7) is 11.0. The van der Waals surface area contributed by atoms with Crippen LogP contribution in [0.3, 0.4) is 0 Å². The molecule has 1 aromatic carbocycles. The van der Waals surface area contributed by atoms with E-state index in [1.54, 1.807) is 18.2 Å². The lowest BCUT2D eigenvalue weighted by Gasteiger charge is -2.34. The zero-order valence-electron chi connectivity index (χ0n) is 33.6. The lowest BCUT2D eigenvalue weighted by atomic mass is 9.80. The van der Waals surface area contributed by atoms with Crippen LogP contribution < -0.4 is 10.2 Å². The van der Waals surface area contributed by atoms with Crippen molar-refractivity contribution in [1.29, 1.82) is 0 Å². The number of hydrazine groups is 2. The van der Waals surface area contributed by atoms with Gasteiger partial charge in [0.15, 0.2) is 0 Å². The number of piperidine rings is 2. The number of carbonyl (C=O) groups is 5. The number of ether oxygens (including phenoxy) is 2. The van der Waals surface area contributed by atoms with E-state index >= 15 is 0 Å². The van der Waals surface area contributed by atoms with Crippen LogP contribution in [0, 0.1) is 0 Å². The van der Waals surface area contributed by atoms with Crippen molar-refractivity contribution in [2.24, 2.45) is 5.10 Å². The Kier molecular flexibility index (Phi) is 14.8. The van der Waals surface area contributed by atoms with E-state index in [1.165, 1.54) is 24.1 Å². The minimum atomic E-state index is -0.628. The van der Waals surface area contributed by atoms with E-state index in [-0.39, 0.29) is 84.8 Å². The molecule has 0 spiro atoms. The number of nitrogens with one attached hydrogen (secondary N) is 1. The van der Waals surface area contributed by atoms with Crippen LogP contribution >= 0.6 is 0 Å². The van der Waals surface area contributed by atoms with Gasteiger partial charge in [-0.3, -0.25) is 24.0 Å². The maximum Gasteiger partial charge on any atom is 0.307 e. The fourth-order valence-corrected chi connectivity index (χ4v) is 7.30. The smallest absolute Gasteiger partial charge is 0.307 e. The van der Waals surface area contributed by atoms with Crippen LogP contribution in [0.4, 0.5) is 11.4 Å². The normalized spacial score (nSPS) is 19.5. The van der Waals surface area contributed by atoms with Crippen LogP contribution in [0.1, 0.15) is 77.7 Å². The molecule has 0 bridgehead atoms. The van der Waals surface area contributed by atoms with Gasteiger partial charge < -0.3 is 24.8 Å². The van der Waals surface area contributed by atoms with Crippen LogP contribution in [0.25, 0.3) is 5.57 Å². The van der Waals surface area contributed by atoms with E-state index in [0.717, 1.165) is 51.9 Å². The van der Waals surface area contributed by atoms with E-state index in [0.29, 0.717) is 25.2 Å². The molecule has 0 aromatic heterocycles. The van der Waals surface area contributed by atoms with Gasteiger partial charge in [-0.05, 0) is 64.7 Å². The average Bonchev–Trinajstić information content (AvgIpc) is 3.57. The number of rotatable bonds is 18. The van der Waals surface area contributed by atoms with E-state index in [9.17, 15) is 29.1 Å². The SMILES string of the molecule is CN(CCC(=O)OCCN(CCOC(=O)CCN(C)N1CCCCC1)c1ccc(C2=C(O)/C(=C3/C=NN(C(C)(C)C)C3=O)C2=O)c(NC=O)c1)N1CCCCC1. The highest BCUT2D eigenvalue weighted by molar-refractivity contribution is 6.43. The third-order valence-electron chi connectivity index (χ3n) is 10.6. The van der Waals surface area contributed by atoms with Crippen molar-refractivity contribution in [3.8, 4) is 0 Å². The van der Waals surface area contributed by atoms with Crippen molar-refractivity contribution in [1.82, 2.24) is 25.0 Å². The standard InChI is InChI=1S/C40H58N8O8/c1-40(2,3)48-39(54)31(27-42-48)36-37(52)35(38(36)53)30-13-12-29(26-32(30)41-28-49)45(22-24-55-33(50)14-20-43(4)46-16-8-6-9-17-46)23-25-56-34(51)15-21-44(5)47-18-10-7-11-19-47/h12-13,26-28,52H,6-11,14-25H2,1-5H3,(H,41,49)/b36-31+. The molecule has 2 N–H and O–H groups in total. The monoisotopic (exact) mass is 778 g/mol. The number of carbonyl (C=O) groups excluding carboxylic acids is 5. The highest BCUT2D eigenvalue weighted by atomic mass is 16.5. The maximum absolute atomic E-state index is 13.5. The van der Waals surface area contributed by atoms with Crippen molar-refractivity contribution in [3.05, 3.63) is 40.7 Å². The molecule has 3 heterocycles. The first kappa shape index (κ1) is 42.5. The summed E-state index contributed by atoms with van der Waals surface area (Å²) in [5, 5.41) is 27.8. The van der Waals surface area contributed by atoms with Crippen LogP contribution in [0.2, 0.25) is 0 Å². The summed E-state index contributed by atoms with van der Waals surface area (Å²) in [7, 11) is 3.96. The van der Waals surface area contributed by atoms with Crippen molar-refractivity contribution in [3.63, 3.8) is 0 Å². The number of Topliss-reactive ketones (excluding diaryl/α,β-unsaturated/α-hetero) is 1. The highest BCUT2D eigenvalue weighted by Gasteiger charge is 2.43. The van der Waals surface area contributed by atoms with E-state index in [4.69, 9.17) is 9.47 Å². The molecule has 4 aliphatic rings. The molecule has 2 amide bonds. The summed E-state index contributed by atoms with van der Waals surface area (Å²) < 4.78 is 11.3. The molecule has 2 fully saturated rings. The summed E-state index contributed by atoms with van der Waals surface area (Å²) in [5.41, 5.74) is 0.282. The molecule has 3 aliphatic heterocycles. The summed E-state index contributed by atoms with van der Waals surface area (Å²) in [6, 6.07) is 4.94. The van der Waals surface area contributed by atoms with Gasteiger partial charge in [0.05, 0.1) is 60.1 Å². The number of nitrogens with zero attached hydrogens (tertiary/aromatic N) is 7. The number of hydrogen-bond donors (Lipinski definition) is 2. The van der Waals surface area contributed by atoms with Gasteiger partial charge in [-0.1, -0.05) is 12.8 Å². The molecule has 0 atom stereocenters. The number of benzene rings is 1. The number of hydrazone groups is 1. The average molecular weight is 779 g/mol. The van der Waals surface area contributed by atoms with Crippen molar-refractivity contribution < 1.29 is 38.6 Å². The highest BCUT2D eigenvalue weighted by Crippen LogP contribution is 2.42. The zero-order chi connectivity index (χ0) is 40.4. The van der Waals surface area contributed by atoms with Crippen LogP contribution in [-0.2, 0) is 33.4 Å². The Morgan fingerprint density at radius 3 is 1.84 bits per heavy atom. The Hall–Kier alpha value is -4.64. The molecule has 306 valence electrons. The summed E-state index contributed by atoms with van der Waals surface area (Å²) in [5.74, 6) is -2.07. The molecule has 0 radical (unpaired) electrons. The largest absolute Gasteiger partial charge is 0.506 e. The number of hydrogen-bond acceptors (Lipinski definition) is 14. The molecular weight excluding hydrogens is 720 g/mol. The van der Waals surface area contributed by atoms with Gasteiger partial charge in [0.25, 0.3) is 5.91 Å². The van der Waals surface area contributed by atoms with Gasteiger partial charge in [0.1, 0.15) is 19.0 Å². The summed E-state index contributed by atoms with van der Waals surface area (Å²) in [4.78, 5) is 65.7. The molecule has 0 unspecified atom stereocenters. The summed E-state index contributed by atoms with van der Waals surface area (Å²) >= 11 is 0. The van der Waals surface area contributed by atoms with E-state index < -0.39 is 17.2 Å². The number of amides is 2. The van der Waals surface area contributed by atoms with Crippen LogP contribution in [0.5, 0.6) is 0 Å². The fraction of sp³-hybridized carbons (Fsp3) is 0.600. The Labute approximate surface area is 329 Å². The van der Waals surface area contributed by atoms with Crippen molar-refractivity contribution in [2.45, 2.75) is 77.7 Å². The number of esters is 2. The molecule has 0 saturated carbocycles. The minimum Gasteiger partial charge on any atom is -0.506 e. The number of ketones is 1. The second-order valence-corrected chi connectivity index (χ2v) is 15.6. The van der Waals surface area contributed by atoms with Gasteiger partial charge in [0, 0.05) is 64.6 Å². The number of anilines is 2. The molecule has 1 aromatic rings. The van der Waals surface area contributed by atoms with Gasteiger partial charge in [-0.15, -0.1) is 0 Å². The van der Waals surface area contributed by atoms with E-state index in [2.05, 4.69) is 30.5 Å². The molecule has 2 saturated heterocycles. The van der Waals surface area contributed by atoms with Gasteiger partial charge in [-0.25, -0.2) is 25.0 Å². The molecule has 5 rings (SSSR count). The lowest BCUT2D eigenvalue weighted by molar-refractivity contribution is -0.145. The Balaban J connectivity index is 1.27. The Morgan fingerprint density at radius 1 is 0.839 bits per heavy atom. The molecular formula is C40H58N8O8. The fourth-order valence-electron chi connectivity index (χ4n) is 7.30. The van der Waals surface area contributed by atoms with Gasteiger partial charge in [0.2, 0.25) is 12.2 Å². The van der Waals surface area contributed by atoms with Crippen molar-refractivity contribution in [2.75, 3.05) is 89.9 Å². The quantitative estimate of drug-likeness (QED) is 0.127. The molecule has 16 heteroatoms. The third kappa shape index (κ3) is 10.6. The topological polar surface area (TPSA) is 168 Å². The lowest BCUT2D eigenvalue weighted by Crippen LogP contribution is -2.44. The number of aliphatic hydroxyl groups excluding tert-OH is 1. The van der Waals surface area contributed by atoms with Gasteiger partial charge >= 0.3 is 11.9 Å². The number of aliphatic hydroxyl groups is 1. The van der Waals surface area contributed by atoms with Crippen LogP contribution in [-0.4, -0.2) is 152 Å². The van der Waals surface area contributed by atoms with Gasteiger partial charge in [-0.2, -0.15) is 5.10 Å². The first-order valence-corrected chi connectivity index (χ1v) is 19.7. The summed E-state index contributed by atoms with van der Waals surface area (Å²) in [6.07, 6.45) is 9.21. The zero-order valence-corrected chi connectivity index (χ0v) is 33.6. The molecule has 56 heavy (non-hydrogen) atoms. The predicted octanol–water partition coefficient (Wildman–Crippen LogP) is 3.37. The number of allylic oxidation sites excluding steroid dienone is 2. The Bertz CT molecular complexity index is 1660. The second-order valence-electron chi connectivity index (χ2n) is 15.6. The molecule has 16 nitrogen and oxygen atoms in total. The predicted molar refractivity (Wildman–Crippen MR) is 212 cm³/mol. The third-order valence-corrected chi connectivity index (χ3v) is 10.6. The van der Waals surface area contributed by atoms with E-state index in [1.807, 2.05) is 39.8 Å². The Morgan fingerprint density at radius 2 is 1.38 bits per heavy atom. The van der Waals surface area contributed by atoms with Crippen molar-refractivity contribution >= 4 is 53.2 Å². The molecule has 1 aliphatic carbocycles.